The molecule has 3 N–H and O–H groups in total. The van der Waals surface area contributed by atoms with Gasteiger partial charge in [-0.05, 0) is 38.5 Å². The Hall–Kier alpha value is -1.11. The fourth-order valence-corrected chi connectivity index (χ4v) is 3.57. The number of nitrogen functional groups attached to an aromatic ring is 1. The molecule has 0 spiro atoms. The number of nitrogens with two attached hydrogens (primary N) is 1. The lowest BCUT2D eigenvalue weighted by atomic mass is 9.97. The fourth-order valence-electron chi connectivity index (χ4n) is 2.02. The Kier molecular flexibility index (Phi) is 3.35. The van der Waals surface area contributed by atoms with Gasteiger partial charge in [0.1, 0.15) is 0 Å². The second kappa shape index (κ2) is 4.53. The molecule has 1 saturated heterocycles. The first-order valence-electron chi connectivity index (χ1n) is 5.85. The van der Waals surface area contributed by atoms with Gasteiger partial charge in [-0.3, -0.25) is 0 Å². The third kappa shape index (κ3) is 2.50. The van der Waals surface area contributed by atoms with E-state index < -0.39 is 15.6 Å². The second-order valence-corrected chi connectivity index (χ2v) is 6.54. The van der Waals surface area contributed by atoms with Crippen LogP contribution in [0.4, 0.5) is 5.69 Å². The summed E-state index contributed by atoms with van der Waals surface area (Å²) in [5.41, 5.74) is 5.47. The van der Waals surface area contributed by atoms with Gasteiger partial charge in [0, 0.05) is 12.3 Å². The molecule has 1 aliphatic heterocycles. The summed E-state index contributed by atoms with van der Waals surface area (Å²) < 4.78 is 32.7. The van der Waals surface area contributed by atoms with Gasteiger partial charge in [0.25, 0.3) is 0 Å². The molecule has 1 aliphatic rings. The van der Waals surface area contributed by atoms with Crippen LogP contribution in [0.2, 0.25) is 0 Å². The van der Waals surface area contributed by atoms with E-state index in [0.29, 0.717) is 18.7 Å². The zero-order valence-electron chi connectivity index (χ0n) is 10.5. The zero-order chi connectivity index (χ0) is 13.4. The molecule has 1 fully saturated rings. The van der Waals surface area contributed by atoms with Crippen molar-refractivity contribution in [3.05, 3.63) is 24.3 Å². The first-order valence-corrected chi connectivity index (χ1v) is 7.33. The predicted molar refractivity (Wildman–Crippen MR) is 69.6 cm³/mol. The second-order valence-electron chi connectivity index (χ2n) is 4.86. The number of anilines is 1. The number of nitrogens with one attached hydrogen (secondary N) is 1. The summed E-state index contributed by atoms with van der Waals surface area (Å²) in [5, 5.41) is 0. The molecule has 1 aromatic rings. The van der Waals surface area contributed by atoms with E-state index in [1.165, 1.54) is 12.1 Å². The minimum atomic E-state index is -3.57. The van der Waals surface area contributed by atoms with Gasteiger partial charge < -0.3 is 10.5 Å². The molecular formula is C12H18N2O3S. The Morgan fingerprint density at radius 2 is 2.22 bits per heavy atom. The van der Waals surface area contributed by atoms with Crippen LogP contribution < -0.4 is 10.5 Å². The minimum Gasteiger partial charge on any atom is -0.399 e. The van der Waals surface area contributed by atoms with E-state index in [9.17, 15) is 8.42 Å². The molecule has 18 heavy (non-hydrogen) atoms. The van der Waals surface area contributed by atoms with Gasteiger partial charge in [-0.1, -0.05) is 6.07 Å². The van der Waals surface area contributed by atoms with Crippen molar-refractivity contribution < 1.29 is 13.2 Å². The van der Waals surface area contributed by atoms with E-state index in [0.717, 1.165) is 0 Å². The van der Waals surface area contributed by atoms with Crippen LogP contribution in [-0.2, 0) is 14.8 Å². The molecule has 2 rings (SSSR count). The summed E-state index contributed by atoms with van der Waals surface area (Å²) in [6.07, 6.45) is 0.517. The monoisotopic (exact) mass is 270 g/mol. The van der Waals surface area contributed by atoms with E-state index >= 15 is 0 Å². The van der Waals surface area contributed by atoms with Gasteiger partial charge in [-0.2, -0.15) is 0 Å². The molecule has 0 radical (unpaired) electrons. The number of sulfonamides is 1. The van der Waals surface area contributed by atoms with Crippen LogP contribution in [0.5, 0.6) is 0 Å². The van der Waals surface area contributed by atoms with Gasteiger partial charge in [0.05, 0.1) is 16.5 Å². The van der Waals surface area contributed by atoms with Crippen LogP contribution in [-0.4, -0.2) is 26.7 Å². The Balaban J connectivity index is 2.28. The van der Waals surface area contributed by atoms with Gasteiger partial charge in [-0.15, -0.1) is 0 Å². The highest BCUT2D eigenvalue weighted by Gasteiger charge is 2.40. The zero-order valence-corrected chi connectivity index (χ0v) is 11.3. The normalized spacial score (nSPS) is 28.4. The van der Waals surface area contributed by atoms with E-state index in [1.807, 2.05) is 13.8 Å². The molecule has 1 aromatic carbocycles. The van der Waals surface area contributed by atoms with Crippen LogP contribution >= 0.6 is 0 Å². The van der Waals surface area contributed by atoms with E-state index in [4.69, 9.17) is 10.5 Å². The number of benzene rings is 1. The van der Waals surface area contributed by atoms with E-state index in [1.54, 1.807) is 12.1 Å². The molecule has 0 amide bonds. The topological polar surface area (TPSA) is 81.4 Å². The van der Waals surface area contributed by atoms with Crippen molar-refractivity contribution in [3.63, 3.8) is 0 Å². The van der Waals surface area contributed by atoms with Crippen LogP contribution in [0, 0.1) is 0 Å². The average Bonchev–Trinajstić information content (AvgIpc) is 2.58. The Morgan fingerprint density at radius 3 is 2.78 bits per heavy atom. The standard InChI is InChI=1S/C12H18N2O3S/c1-9-12(2,6-7-17-9)14-18(15,16)11-5-3-4-10(13)8-11/h3-5,8-9,14H,6-7,13H2,1-2H3. The van der Waals surface area contributed by atoms with Crippen LogP contribution in [0.15, 0.2) is 29.2 Å². The van der Waals surface area contributed by atoms with Crippen molar-refractivity contribution in [3.8, 4) is 0 Å². The first-order chi connectivity index (χ1) is 8.33. The smallest absolute Gasteiger partial charge is 0.241 e. The van der Waals surface area contributed by atoms with Gasteiger partial charge in [-0.25, -0.2) is 13.1 Å². The molecule has 6 heteroatoms. The molecule has 1 heterocycles. The summed E-state index contributed by atoms with van der Waals surface area (Å²) in [7, 11) is -3.57. The molecule has 0 bridgehead atoms. The molecule has 2 unspecified atom stereocenters. The lowest BCUT2D eigenvalue weighted by Crippen LogP contribution is -2.50. The lowest BCUT2D eigenvalue weighted by Gasteiger charge is -2.28. The number of hydrogen-bond acceptors (Lipinski definition) is 4. The Labute approximate surface area is 107 Å². The summed E-state index contributed by atoms with van der Waals surface area (Å²) >= 11 is 0. The average molecular weight is 270 g/mol. The minimum absolute atomic E-state index is 0.145. The lowest BCUT2D eigenvalue weighted by molar-refractivity contribution is 0.0957. The highest BCUT2D eigenvalue weighted by atomic mass is 32.2. The first kappa shape index (κ1) is 13.3. The molecule has 2 atom stereocenters. The number of rotatable bonds is 3. The number of hydrogen-bond donors (Lipinski definition) is 2. The van der Waals surface area contributed by atoms with Crippen molar-refractivity contribution in [1.82, 2.24) is 4.72 Å². The van der Waals surface area contributed by atoms with Crippen molar-refractivity contribution in [1.29, 1.82) is 0 Å². The molecule has 100 valence electrons. The van der Waals surface area contributed by atoms with Crippen molar-refractivity contribution in [2.45, 2.75) is 36.8 Å². The van der Waals surface area contributed by atoms with E-state index in [2.05, 4.69) is 4.72 Å². The third-order valence-electron chi connectivity index (χ3n) is 3.42. The van der Waals surface area contributed by atoms with Gasteiger partial charge in [0.2, 0.25) is 10.0 Å². The van der Waals surface area contributed by atoms with E-state index in [-0.39, 0.29) is 11.0 Å². The van der Waals surface area contributed by atoms with Crippen molar-refractivity contribution in [2.75, 3.05) is 12.3 Å². The van der Waals surface area contributed by atoms with Crippen molar-refractivity contribution in [2.24, 2.45) is 0 Å². The van der Waals surface area contributed by atoms with Gasteiger partial charge >= 0.3 is 0 Å². The highest BCUT2D eigenvalue weighted by molar-refractivity contribution is 7.89. The largest absolute Gasteiger partial charge is 0.399 e. The van der Waals surface area contributed by atoms with Crippen LogP contribution in [0.3, 0.4) is 0 Å². The SMILES string of the molecule is CC1OCCC1(C)NS(=O)(=O)c1cccc(N)c1. The quantitative estimate of drug-likeness (QED) is 0.806. The maximum atomic E-state index is 12.3. The highest BCUT2D eigenvalue weighted by Crippen LogP contribution is 2.27. The number of ether oxygens (including phenoxy) is 1. The summed E-state index contributed by atoms with van der Waals surface area (Å²) in [6, 6.07) is 6.26. The molecule has 0 aromatic heterocycles. The fraction of sp³-hybridized carbons (Fsp3) is 0.500. The van der Waals surface area contributed by atoms with Crippen LogP contribution in [0.1, 0.15) is 20.3 Å². The molecule has 5 nitrogen and oxygen atoms in total. The summed E-state index contributed by atoms with van der Waals surface area (Å²) in [4.78, 5) is 0.183. The Bertz CT molecular complexity index is 544. The van der Waals surface area contributed by atoms with Crippen LogP contribution in [0.25, 0.3) is 0 Å². The Morgan fingerprint density at radius 1 is 1.50 bits per heavy atom. The summed E-state index contributed by atoms with van der Waals surface area (Å²) in [5.74, 6) is 0. The maximum Gasteiger partial charge on any atom is 0.241 e. The maximum absolute atomic E-state index is 12.3. The molecule has 0 aliphatic carbocycles. The third-order valence-corrected chi connectivity index (χ3v) is 5.03. The summed E-state index contributed by atoms with van der Waals surface area (Å²) in [6.45, 7) is 4.29. The molecular weight excluding hydrogens is 252 g/mol. The van der Waals surface area contributed by atoms with Gasteiger partial charge in [0.15, 0.2) is 0 Å². The molecule has 0 saturated carbocycles. The van der Waals surface area contributed by atoms with Crippen molar-refractivity contribution >= 4 is 15.7 Å². The predicted octanol–water partition coefficient (Wildman–Crippen LogP) is 1.11.